The minimum atomic E-state index is -0.305. The van der Waals surface area contributed by atoms with Gasteiger partial charge < -0.3 is 20.5 Å². The monoisotopic (exact) mass is 278 g/mol. The average Bonchev–Trinajstić information content (AvgIpc) is 2.48. The van der Waals surface area contributed by atoms with Crippen LogP contribution in [0, 0.1) is 5.41 Å². The number of aromatic hydroxyl groups is 1. The van der Waals surface area contributed by atoms with Crippen molar-refractivity contribution >= 4 is 11.6 Å². The van der Waals surface area contributed by atoms with E-state index in [1.807, 2.05) is 0 Å². The summed E-state index contributed by atoms with van der Waals surface area (Å²) in [5, 5.41) is 15.9. The number of nitrogens with one attached hydrogen (secondary N) is 2. The standard InChI is InChI=1S/C15H22N2O3/c1-3-15(6-8-16-9-7-15)14(19)17-11-4-5-13(20-2)12(18)10-11/h4-5,10,16,18H,3,6-9H2,1-2H3,(H,17,19). The van der Waals surface area contributed by atoms with E-state index in [-0.39, 0.29) is 17.1 Å². The van der Waals surface area contributed by atoms with Crippen molar-refractivity contribution in [2.75, 3.05) is 25.5 Å². The number of hydrogen-bond acceptors (Lipinski definition) is 4. The number of ether oxygens (including phenoxy) is 1. The largest absolute Gasteiger partial charge is 0.504 e. The fourth-order valence-corrected chi connectivity index (χ4v) is 2.68. The van der Waals surface area contributed by atoms with Gasteiger partial charge in [0, 0.05) is 11.8 Å². The summed E-state index contributed by atoms with van der Waals surface area (Å²) < 4.78 is 4.99. The third kappa shape index (κ3) is 2.88. The van der Waals surface area contributed by atoms with Crippen molar-refractivity contribution in [2.24, 2.45) is 5.41 Å². The number of amides is 1. The number of phenols is 1. The number of anilines is 1. The van der Waals surface area contributed by atoms with E-state index < -0.39 is 0 Å². The SMILES string of the molecule is CCC1(C(=O)Nc2ccc(OC)c(O)c2)CCNCC1. The Hall–Kier alpha value is -1.75. The molecule has 0 bridgehead atoms. The molecule has 3 N–H and O–H groups in total. The Kier molecular flexibility index (Phi) is 4.49. The highest BCUT2D eigenvalue weighted by atomic mass is 16.5. The van der Waals surface area contributed by atoms with Gasteiger partial charge >= 0.3 is 0 Å². The van der Waals surface area contributed by atoms with E-state index in [4.69, 9.17) is 4.74 Å². The second-order valence-electron chi connectivity index (χ2n) is 5.22. The van der Waals surface area contributed by atoms with Crippen LogP contribution in [0.25, 0.3) is 0 Å². The van der Waals surface area contributed by atoms with Crippen molar-refractivity contribution in [3.63, 3.8) is 0 Å². The van der Waals surface area contributed by atoms with Gasteiger partial charge in [-0.05, 0) is 44.5 Å². The summed E-state index contributed by atoms with van der Waals surface area (Å²) in [6, 6.07) is 4.90. The van der Waals surface area contributed by atoms with Crippen LogP contribution in [0.2, 0.25) is 0 Å². The van der Waals surface area contributed by atoms with Gasteiger partial charge in [0.2, 0.25) is 5.91 Å². The van der Waals surface area contributed by atoms with E-state index in [2.05, 4.69) is 17.6 Å². The third-order valence-corrected chi connectivity index (χ3v) is 4.16. The average molecular weight is 278 g/mol. The number of hydrogen-bond donors (Lipinski definition) is 3. The molecule has 2 rings (SSSR count). The van der Waals surface area contributed by atoms with Crippen LogP contribution >= 0.6 is 0 Å². The van der Waals surface area contributed by atoms with Crippen molar-refractivity contribution in [3.8, 4) is 11.5 Å². The lowest BCUT2D eigenvalue weighted by atomic mass is 9.76. The molecule has 1 saturated heterocycles. The Bertz CT molecular complexity index is 482. The van der Waals surface area contributed by atoms with Crippen LogP contribution in [-0.4, -0.2) is 31.2 Å². The molecule has 0 unspecified atom stereocenters. The molecule has 1 fully saturated rings. The molecule has 20 heavy (non-hydrogen) atoms. The van der Waals surface area contributed by atoms with E-state index in [1.165, 1.54) is 13.2 Å². The van der Waals surface area contributed by atoms with Crippen LogP contribution in [0.3, 0.4) is 0 Å². The lowest BCUT2D eigenvalue weighted by molar-refractivity contribution is -0.127. The molecule has 0 aliphatic carbocycles. The molecular weight excluding hydrogens is 256 g/mol. The molecule has 0 saturated carbocycles. The molecule has 1 heterocycles. The van der Waals surface area contributed by atoms with E-state index in [0.717, 1.165) is 32.4 Å². The van der Waals surface area contributed by atoms with Gasteiger partial charge in [-0.15, -0.1) is 0 Å². The summed E-state index contributed by atoms with van der Waals surface area (Å²) in [6.45, 7) is 3.79. The number of methoxy groups -OCH3 is 1. The molecule has 5 heteroatoms. The van der Waals surface area contributed by atoms with Crippen LogP contribution < -0.4 is 15.4 Å². The Balaban J connectivity index is 2.12. The molecule has 0 aromatic heterocycles. The molecule has 0 spiro atoms. The molecule has 1 amide bonds. The Morgan fingerprint density at radius 2 is 2.15 bits per heavy atom. The van der Waals surface area contributed by atoms with Gasteiger partial charge in [0.1, 0.15) is 0 Å². The molecule has 5 nitrogen and oxygen atoms in total. The quantitative estimate of drug-likeness (QED) is 0.789. The van der Waals surface area contributed by atoms with Gasteiger partial charge in [-0.1, -0.05) is 6.92 Å². The van der Waals surface area contributed by atoms with Gasteiger partial charge in [-0.3, -0.25) is 4.79 Å². The molecule has 0 radical (unpaired) electrons. The highest BCUT2D eigenvalue weighted by molar-refractivity contribution is 5.95. The van der Waals surface area contributed by atoms with Crippen LogP contribution in [0.5, 0.6) is 11.5 Å². The first-order valence-electron chi connectivity index (χ1n) is 7.00. The normalized spacial score (nSPS) is 17.5. The van der Waals surface area contributed by atoms with Gasteiger partial charge in [-0.25, -0.2) is 0 Å². The first kappa shape index (κ1) is 14.7. The first-order chi connectivity index (χ1) is 9.61. The summed E-state index contributed by atoms with van der Waals surface area (Å²) in [4.78, 5) is 12.5. The van der Waals surface area contributed by atoms with E-state index in [1.54, 1.807) is 12.1 Å². The summed E-state index contributed by atoms with van der Waals surface area (Å²) in [5.74, 6) is 0.460. The zero-order valence-electron chi connectivity index (χ0n) is 12.0. The molecular formula is C15H22N2O3. The van der Waals surface area contributed by atoms with Crippen molar-refractivity contribution < 1.29 is 14.6 Å². The first-order valence-corrected chi connectivity index (χ1v) is 7.00. The summed E-state index contributed by atoms with van der Waals surface area (Å²) >= 11 is 0. The molecule has 1 aliphatic rings. The second-order valence-corrected chi connectivity index (χ2v) is 5.22. The minimum Gasteiger partial charge on any atom is -0.504 e. The molecule has 0 atom stereocenters. The molecule has 1 aromatic rings. The number of rotatable bonds is 4. The number of benzene rings is 1. The Morgan fingerprint density at radius 3 is 2.70 bits per heavy atom. The maximum Gasteiger partial charge on any atom is 0.230 e. The minimum absolute atomic E-state index is 0.0289. The smallest absolute Gasteiger partial charge is 0.230 e. The maximum absolute atomic E-state index is 12.5. The van der Waals surface area contributed by atoms with Gasteiger partial charge in [-0.2, -0.15) is 0 Å². The van der Waals surface area contributed by atoms with Crippen LogP contribution in [0.4, 0.5) is 5.69 Å². The second kappa shape index (κ2) is 6.13. The summed E-state index contributed by atoms with van der Waals surface area (Å²) in [7, 11) is 1.49. The zero-order valence-corrected chi connectivity index (χ0v) is 12.0. The van der Waals surface area contributed by atoms with E-state index in [9.17, 15) is 9.90 Å². The molecule has 1 aromatic carbocycles. The number of phenolic OH excluding ortho intramolecular Hbond substituents is 1. The Labute approximate surface area is 119 Å². The van der Waals surface area contributed by atoms with Crippen molar-refractivity contribution in [1.29, 1.82) is 0 Å². The summed E-state index contributed by atoms with van der Waals surface area (Å²) in [6.07, 6.45) is 2.51. The predicted octanol–water partition coefficient (Wildman–Crippen LogP) is 2.12. The lowest BCUT2D eigenvalue weighted by Crippen LogP contribution is -2.44. The van der Waals surface area contributed by atoms with Gasteiger partial charge in [0.15, 0.2) is 11.5 Å². The lowest BCUT2D eigenvalue weighted by Gasteiger charge is -2.35. The Morgan fingerprint density at radius 1 is 1.45 bits per heavy atom. The van der Waals surface area contributed by atoms with E-state index in [0.29, 0.717) is 11.4 Å². The maximum atomic E-state index is 12.5. The van der Waals surface area contributed by atoms with Crippen LogP contribution in [-0.2, 0) is 4.79 Å². The highest BCUT2D eigenvalue weighted by Gasteiger charge is 2.37. The third-order valence-electron chi connectivity index (χ3n) is 4.16. The zero-order chi connectivity index (χ0) is 14.6. The number of piperidine rings is 1. The van der Waals surface area contributed by atoms with Crippen LogP contribution in [0.15, 0.2) is 18.2 Å². The molecule has 1 aliphatic heterocycles. The van der Waals surface area contributed by atoms with Crippen molar-refractivity contribution in [3.05, 3.63) is 18.2 Å². The topological polar surface area (TPSA) is 70.6 Å². The fraction of sp³-hybridized carbons (Fsp3) is 0.533. The van der Waals surface area contributed by atoms with Crippen LogP contribution in [0.1, 0.15) is 26.2 Å². The van der Waals surface area contributed by atoms with Crippen molar-refractivity contribution in [2.45, 2.75) is 26.2 Å². The van der Waals surface area contributed by atoms with Crippen molar-refractivity contribution in [1.82, 2.24) is 5.32 Å². The number of carbonyl (C=O) groups excluding carboxylic acids is 1. The van der Waals surface area contributed by atoms with Gasteiger partial charge in [0.05, 0.1) is 12.5 Å². The summed E-state index contributed by atoms with van der Waals surface area (Å²) in [5.41, 5.74) is 0.292. The number of carbonyl (C=O) groups is 1. The predicted molar refractivity (Wildman–Crippen MR) is 78.1 cm³/mol. The molecule has 110 valence electrons. The van der Waals surface area contributed by atoms with Gasteiger partial charge in [0.25, 0.3) is 0 Å². The highest BCUT2D eigenvalue weighted by Crippen LogP contribution is 2.35. The van der Waals surface area contributed by atoms with E-state index >= 15 is 0 Å². The fourth-order valence-electron chi connectivity index (χ4n) is 2.68.